The Morgan fingerprint density at radius 3 is 2.48 bits per heavy atom. The monoisotopic (exact) mass is 619 g/mol. The van der Waals surface area contributed by atoms with Crippen molar-refractivity contribution in [2.45, 2.75) is 6.92 Å². The number of nitrogens with one attached hydrogen (secondary N) is 1. The van der Waals surface area contributed by atoms with Crippen molar-refractivity contribution in [3.63, 3.8) is 0 Å². The lowest BCUT2D eigenvalue weighted by Crippen LogP contribution is -2.37. The molecule has 10 nitrogen and oxygen atoms in total. The standard InChI is InChI=1S/C29H19Cl2N5O5S/c1-2-41-28(40)15-7-10-17(11-8-15)32-22(37)14-35-21-6-4-3-5-19(21)23(26(35)38)24-27(39)36-29(42-24)33-25(34-36)18-12-9-16(30)13-20(18)31/h3-13H,2,14H2,1H3,(H,32,37). The highest BCUT2D eigenvalue weighted by molar-refractivity contribution is 7.15. The minimum Gasteiger partial charge on any atom is -0.462 e. The number of aromatic nitrogens is 3. The van der Waals surface area contributed by atoms with E-state index in [1.54, 1.807) is 73.7 Å². The van der Waals surface area contributed by atoms with E-state index in [1.807, 2.05) is 0 Å². The van der Waals surface area contributed by atoms with Crippen LogP contribution in [0.25, 0.3) is 21.9 Å². The molecular weight excluding hydrogens is 601 g/mol. The number of thiazole rings is 1. The first-order valence-corrected chi connectivity index (χ1v) is 14.2. The number of hydrogen-bond acceptors (Lipinski definition) is 8. The predicted octanol–water partition coefficient (Wildman–Crippen LogP) is 4.20. The fourth-order valence-electron chi connectivity index (χ4n) is 4.57. The van der Waals surface area contributed by atoms with Crippen molar-refractivity contribution in [2.24, 2.45) is 0 Å². The maximum atomic E-state index is 13.7. The smallest absolute Gasteiger partial charge is 0.338 e. The zero-order chi connectivity index (χ0) is 29.5. The molecule has 6 rings (SSSR count). The van der Waals surface area contributed by atoms with Crippen LogP contribution in [-0.2, 0) is 14.3 Å². The van der Waals surface area contributed by atoms with E-state index in [-0.39, 0.29) is 34.0 Å². The fraction of sp³-hybridized carbons (Fsp3) is 0.103. The summed E-state index contributed by atoms with van der Waals surface area (Å²) in [6.45, 7) is 1.67. The number of nitrogens with zero attached hydrogens (tertiary/aromatic N) is 4. The molecule has 0 unspecified atom stereocenters. The number of halogens is 2. The normalized spacial score (nSPS) is 13.9. The fourth-order valence-corrected chi connectivity index (χ4v) is 6.07. The number of hydrogen-bond donors (Lipinski definition) is 1. The van der Waals surface area contributed by atoms with E-state index < -0.39 is 23.3 Å². The van der Waals surface area contributed by atoms with E-state index in [0.717, 1.165) is 15.9 Å². The molecular formula is C29H19Cl2N5O5S. The number of para-hydroxylation sites is 1. The second-order valence-corrected chi connectivity index (χ2v) is 10.9. The molecule has 3 aromatic carbocycles. The first-order valence-electron chi connectivity index (χ1n) is 12.6. The summed E-state index contributed by atoms with van der Waals surface area (Å²) in [6.07, 6.45) is 0. The number of ether oxygens (including phenoxy) is 1. The van der Waals surface area contributed by atoms with Gasteiger partial charge in [-0.1, -0.05) is 52.7 Å². The Hall–Kier alpha value is -4.58. The molecule has 0 fully saturated rings. The van der Waals surface area contributed by atoms with E-state index in [1.165, 1.54) is 4.90 Å². The van der Waals surface area contributed by atoms with Crippen molar-refractivity contribution < 1.29 is 19.1 Å². The Balaban J connectivity index is 1.30. The van der Waals surface area contributed by atoms with Crippen LogP contribution in [0.1, 0.15) is 22.8 Å². The number of benzene rings is 3. The average Bonchev–Trinajstić information content (AvgIpc) is 3.59. The van der Waals surface area contributed by atoms with Gasteiger partial charge in [0.1, 0.15) is 11.1 Å². The van der Waals surface area contributed by atoms with Crippen LogP contribution in [0, 0.1) is 0 Å². The van der Waals surface area contributed by atoms with E-state index in [4.69, 9.17) is 27.9 Å². The molecule has 0 bridgehead atoms. The molecule has 0 atom stereocenters. The Morgan fingerprint density at radius 1 is 1.00 bits per heavy atom. The minimum absolute atomic E-state index is 0.161. The second kappa shape index (κ2) is 11.0. The highest BCUT2D eigenvalue weighted by Crippen LogP contribution is 2.35. The molecule has 1 aliphatic heterocycles. The maximum Gasteiger partial charge on any atom is 0.338 e. The number of rotatable bonds is 6. The maximum absolute atomic E-state index is 13.7. The van der Waals surface area contributed by atoms with Gasteiger partial charge in [-0.15, -0.1) is 5.10 Å². The summed E-state index contributed by atoms with van der Waals surface area (Å²) in [6, 6.07) is 18.0. The summed E-state index contributed by atoms with van der Waals surface area (Å²) in [7, 11) is 0. The Morgan fingerprint density at radius 2 is 1.76 bits per heavy atom. The third kappa shape index (κ3) is 4.91. The quantitative estimate of drug-likeness (QED) is 0.282. The van der Waals surface area contributed by atoms with Crippen LogP contribution in [0.4, 0.5) is 11.4 Å². The molecule has 42 heavy (non-hydrogen) atoms. The summed E-state index contributed by atoms with van der Waals surface area (Å²) >= 11 is 13.3. The van der Waals surface area contributed by atoms with Crippen LogP contribution in [0.2, 0.25) is 10.0 Å². The Bertz CT molecular complexity index is 2020. The topological polar surface area (TPSA) is 123 Å². The number of carbonyl (C=O) groups excluding carboxylic acids is 3. The number of carbonyl (C=O) groups is 3. The third-order valence-electron chi connectivity index (χ3n) is 6.46. The van der Waals surface area contributed by atoms with Gasteiger partial charge in [0.05, 0.1) is 28.5 Å². The SMILES string of the molecule is CCOC(=O)c1ccc(NC(=O)CN2C(=O)C(=c3sc4nc(-c5ccc(Cl)cc5Cl)nn4c3=O)c3ccccc32)cc1. The van der Waals surface area contributed by atoms with E-state index in [2.05, 4.69) is 15.4 Å². The van der Waals surface area contributed by atoms with Gasteiger partial charge in [0.25, 0.3) is 11.5 Å². The summed E-state index contributed by atoms with van der Waals surface area (Å²) < 4.78 is 6.27. The summed E-state index contributed by atoms with van der Waals surface area (Å²) in [5, 5.41) is 7.86. The summed E-state index contributed by atoms with van der Waals surface area (Å²) in [5.74, 6) is -1.16. The summed E-state index contributed by atoms with van der Waals surface area (Å²) in [5.41, 5.74) is 2.00. The van der Waals surface area contributed by atoms with Gasteiger partial charge in [-0.05, 0) is 55.5 Å². The van der Waals surface area contributed by atoms with Gasteiger partial charge < -0.3 is 10.1 Å². The van der Waals surface area contributed by atoms with Crippen LogP contribution in [0.3, 0.4) is 0 Å². The zero-order valence-corrected chi connectivity index (χ0v) is 24.1. The molecule has 5 aromatic rings. The van der Waals surface area contributed by atoms with E-state index >= 15 is 0 Å². The first kappa shape index (κ1) is 27.6. The van der Waals surface area contributed by atoms with Crippen LogP contribution in [0.5, 0.6) is 0 Å². The van der Waals surface area contributed by atoms with Crippen LogP contribution in [-0.4, -0.2) is 45.5 Å². The van der Waals surface area contributed by atoms with Crippen LogP contribution < -0.4 is 20.3 Å². The van der Waals surface area contributed by atoms with E-state index in [9.17, 15) is 19.2 Å². The Kier molecular flexibility index (Phi) is 7.23. The van der Waals surface area contributed by atoms with Crippen molar-refractivity contribution in [1.82, 2.24) is 14.6 Å². The lowest BCUT2D eigenvalue weighted by molar-refractivity contribution is -0.118. The first-order chi connectivity index (χ1) is 20.2. The van der Waals surface area contributed by atoms with Gasteiger partial charge in [-0.25, -0.2) is 4.79 Å². The molecule has 2 aromatic heterocycles. The highest BCUT2D eigenvalue weighted by atomic mass is 35.5. The molecule has 0 radical (unpaired) electrons. The van der Waals surface area contributed by atoms with Gasteiger partial charge in [0, 0.05) is 21.8 Å². The highest BCUT2D eigenvalue weighted by Gasteiger charge is 2.35. The molecule has 0 aliphatic carbocycles. The van der Waals surface area contributed by atoms with Gasteiger partial charge in [0.15, 0.2) is 5.82 Å². The summed E-state index contributed by atoms with van der Waals surface area (Å²) in [4.78, 5) is 58.1. The molecule has 2 amide bonds. The van der Waals surface area contributed by atoms with Crippen molar-refractivity contribution in [1.29, 1.82) is 0 Å². The lowest BCUT2D eigenvalue weighted by atomic mass is 10.1. The third-order valence-corrected chi connectivity index (χ3v) is 8.04. The molecule has 0 spiro atoms. The number of amides is 2. The predicted molar refractivity (Wildman–Crippen MR) is 160 cm³/mol. The van der Waals surface area contributed by atoms with Crippen LogP contribution >= 0.6 is 34.5 Å². The van der Waals surface area contributed by atoms with E-state index in [0.29, 0.717) is 38.1 Å². The molecule has 1 N–H and O–H groups in total. The minimum atomic E-state index is -0.509. The van der Waals surface area contributed by atoms with Gasteiger partial charge in [0.2, 0.25) is 10.9 Å². The lowest BCUT2D eigenvalue weighted by Gasteiger charge is -2.16. The van der Waals surface area contributed by atoms with Crippen molar-refractivity contribution >= 4 is 74.2 Å². The Labute approximate surface area is 251 Å². The molecule has 13 heteroatoms. The zero-order valence-electron chi connectivity index (χ0n) is 21.8. The van der Waals surface area contributed by atoms with Crippen molar-refractivity contribution in [3.8, 4) is 11.4 Å². The van der Waals surface area contributed by atoms with Gasteiger partial charge in [-0.2, -0.15) is 9.50 Å². The largest absolute Gasteiger partial charge is 0.462 e. The van der Waals surface area contributed by atoms with Gasteiger partial charge >= 0.3 is 5.97 Å². The average molecular weight is 620 g/mol. The molecule has 0 saturated heterocycles. The second-order valence-electron chi connectivity index (χ2n) is 9.12. The molecule has 210 valence electrons. The van der Waals surface area contributed by atoms with Crippen LogP contribution in [0.15, 0.2) is 71.5 Å². The number of anilines is 2. The number of esters is 1. The number of fused-ring (bicyclic) bond motifs is 2. The molecule has 1 aliphatic rings. The van der Waals surface area contributed by atoms with Crippen molar-refractivity contribution in [2.75, 3.05) is 23.4 Å². The van der Waals surface area contributed by atoms with Gasteiger partial charge in [-0.3, -0.25) is 19.3 Å². The molecule has 0 saturated carbocycles. The van der Waals surface area contributed by atoms with Crippen molar-refractivity contribution in [3.05, 3.63) is 103 Å². The molecule has 3 heterocycles.